The van der Waals surface area contributed by atoms with E-state index in [1.54, 1.807) is 42.5 Å². The van der Waals surface area contributed by atoms with Gasteiger partial charge in [0.2, 0.25) is 0 Å². The maximum absolute atomic E-state index is 12.4. The number of benzene rings is 2. The Kier molecular flexibility index (Phi) is 6.99. The number of amides is 1. The molecule has 2 aromatic carbocycles. The van der Waals surface area contributed by atoms with Crippen LogP contribution in [0.1, 0.15) is 10.4 Å². The Hall–Kier alpha value is -3.99. The fourth-order valence-electron chi connectivity index (χ4n) is 2.26. The van der Waals surface area contributed by atoms with Crippen LogP contribution in [-0.4, -0.2) is 33.2 Å². The highest BCUT2D eigenvalue weighted by Gasteiger charge is 2.13. The van der Waals surface area contributed by atoms with E-state index in [-0.39, 0.29) is 5.57 Å². The van der Waals surface area contributed by atoms with Crippen LogP contribution in [0.25, 0.3) is 0 Å². The molecule has 0 heterocycles. The van der Waals surface area contributed by atoms with Gasteiger partial charge in [0.25, 0.3) is 5.91 Å². The summed E-state index contributed by atoms with van der Waals surface area (Å²) < 4.78 is 15.0. The summed E-state index contributed by atoms with van der Waals surface area (Å²) in [6.07, 6.45) is 1.25. The molecule has 0 radical (unpaired) electrons. The molecule has 0 saturated carbocycles. The molecule has 0 aliphatic rings. The third-order valence-electron chi connectivity index (χ3n) is 3.69. The van der Waals surface area contributed by atoms with E-state index >= 15 is 0 Å². The van der Waals surface area contributed by atoms with Gasteiger partial charge < -0.3 is 24.8 Å². The number of carbonyl (C=O) groups is 2. The molecule has 0 aromatic heterocycles. The van der Waals surface area contributed by atoms with Gasteiger partial charge in [0.15, 0.2) is 0 Å². The van der Waals surface area contributed by atoms with E-state index in [0.29, 0.717) is 28.4 Å². The maximum atomic E-state index is 12.4. The molecular weight excluding hydrogens is 362 g/mol. The second kappa shape index (κ2) is 9.64. The summed E-state index contributed by atoms with van der Waals surface area (Å²) in [6.45, 7) is 0. The molecular formula is C20H19N3O5. The number of nitrogens with one attached hydrogen (secondary N) is 2. The van der Waals surface area contributed by atoms with Gasteiger partial charge in [-0.25, -0.2) is 4.79 Å². The minimum absolute atomic E-state index is 0.173. The van der Waals surface area contributed by atoms with Gasteiger partial charge in [-0.1, -0.05) is 6.07 Å². The number of hydrogen-bond donors (Lipinski definition) is 2. The van der Waals surface area contributed by atoms with Gasteiger partial charge in [-0.05, 0) is 30.3 Å². The molecule has 0 bridgehead atoms. The molecule has 8 heteroatoms. The Labute approximate surface area is 162 Å². The molecule has 2 rings (SSSR count). The Morgan fingerprint density at radius 3 is 2.50 bits per heavy atom. The Balaban J connectivity index is 2.18. The van der Waals surface area contributed by atoms with Crippen molar-refractivity contribution in [2.24, 2.45) is 0 Å². The van der Waals surface area contributed by atoms with E-state index in [4.69, 9.17) is 9.47 Å². The van der Waals surface area contributed by atoms with E-state index in [9.17, 15) is 14.9 Å². The number of methoxy groups -OCH3 is 3. The third-order valence-corrected chi connectivity index (χ3v) is 3.69. The molecule has 0 unspecified atom stereocenters. The van der Waals surface area contributed by atoms with Crippen LogP contribution >= 0.6 is 0 Å². The molecule has 0 aliphatic carbocycles. The number of anilines is 2. The zero-order chi connectivity index (χ0) is 20.5. The van der Waals surface area contributed by atoms with Crippen molar-refractivity contribution < 1.29 is 23.8 Å². The molecule has 8 nitrogen and oxygen atoms in total. The van der Waals surface area contributed by atoms with Crippen molar-refractivity contribution in [1.82, 2.24) is 0 Å². The number of esters is 1. The minimum atomic E-state index is -0.634. The van der Waals surface area contributed by atoms with Crippen molar-refractivity contribution in [2.75, 3.05) is 32.0 Å². The highest BCUT2D eigenvalue weighted by Crippen LogP contribution is 2.29. The Morgan fingerprint density at radius 1 is 1.07 bits per heavy atom. The second-order valence-electron chi connectivity index (χ2n) is 5.41. The van der Waals surface area contributed by atoms with E-state index < -0.39 is 11.9 Å². The van der Waals surface area contributed by atoms with Crippen LogP contribution < -0.4 is 20.1 Å². The first-order valence-electron chi connectivity index (χ1n) is 8.11. The topological polar surface area (TPSA) is 110 Å². The lowest BCUT2D eigenvalue weighted by molar-refractivity contribution is -0.112. The molecule has 0 atom stereocenters. The van der Waals surface area contributed by atoms with Crippen molar-refractivity contribution in [1.29, 1.82) is 5.26 Å². The van der Waals surface area contributed by atoms with Crippen LogP contribution in [0.4, 0.5) is 11.4 Å². The van der Waals surface area contributed by atoms with Crippen LogP contribution in [0, 0.1) is 11.3 Å². The highest BCUT2D eigenvalue weighted by molar-refractivity contribution is 6.07. The van der Waals surface area contributed by atoms with Crippen molar-refractivity contribution >= 4 is 23.3 Å². The zero-order valence-corrected chi connectivity index (χ0v) is 15.6. The second-order valence-corrected chi connectivity index (χ2v) is 5.41. The average molecular weight is 381 g/mol. The molecule has 0 spiro atoms. The van der Waals surface area contributed by atoms with Gasteiger partial charge >= 0.3 is 5.97 Å². The van der Waals surface area contributed by atoms with Crippen LogP contribution in [-0.2, 0) is 9.53 Å². The van der Waals surface area contributed by atoms with Crippen LogP contribution in [0.5, 0.6) is 11.5 Å². The van der Waals surface area contributed by atoms with Crippen molar-refractivity contribution in [3.8, 4) is 17.6 Å². The summed E-state index contributed by atoms with van der Waals surface area (Å²) in [7, 11) is 4.25. The molecule has 1 amide bonds. The molecule has 28 heavy (non-hydrogen) atoms. The first-order chi connectivity index (χ1) is 13.5. The molecule has 0 aliphatic heterocycles. The Morgan fingerprint density at radius 2 is 1.86 bits per heavy atom. The number of nitriles is 1. The number of rotatable bonds is 7. The largest absolute Gasteiger partial charge is 0.497 e. The van der Waals surface area contributed by atoms with Crippen LogP contribution in [0.15, 0.2) is 54.2 Å². The van der Waals surface area contributed by atoms with E-state index in [0.717, 1.165) is 0 Å². The molecule has 144 valence electrons. The minimum Gasteiger partial charge on any atom is -0.497 e. The van der Waals surface area contributed by atoms with Gasteiger partial charge in [-0.3, -0.25) is 4.79 Å². The lowest BCUT2D eigenvalue weighted by atomic mass is 10.2. The number of carbonyl (C=O) groups excluding carboxylic acids is 2. The van der Waals surface area contributed by atoms with Gasteiger partial charge in [0.1, 0.15) is 23.1 Å². The lowest BCUT2D eigenvalue weighted by Gasteiger charge is -2.11. The van der Waals surface area contributed by atoms with Crippen molar-refractivity contribution in [3.05, 3.63) is 59.8 Å². The third kappa shape index (κ3) is 5.02. The predicted molar refractivity (Wildman–Crippen MR) is 103 cm³/mol. The van der Waals surface area contributed by atoms with E-state index in [1.807, 2.05) is 6.07 Å². The zero-order valence-electron chi connectivity index (χ0n) is 15.6. The number of ether oxygens (including phenoxy) is 3. The normalized spacial score (nSPS) is 10.4. The SMILES string of the molecule is COC(=O)c1cccc(N/C=C(/C#N)C(=O)Nc2cc(OC)ccc2OC)c1. The standard InChI is InChI=1S/C20H19N3O5/c1-26-16-7-8-18(27-2)17(10-16)23-19(24)14(11-21)12-22-15-6-4-5-13(9-15)20(25)28-3/h4-10,12,22H,1-3H3,(H,23,24)/b14-12-. The summed E-state index contributed by atoms with van der Waals surface area (Å²) in [5.41, 5.74) is 1.04. The quantitative estimate of drug-likeness (QED) is 0.431. The van der Waals surface area contributed by atoms with Crippen LogP contribution in [0.2, 0.25) is 0 Å². The van der Waals surface area contributed by atoms with Crippen molar-refractivity contribution in [2.45, 2.75) is 0 Å². The monoisotopic (exact) mass is 381 g/mol. The van der Waals surface area contributed by atoms with Gasteiger partial charge in [-0.15, -0.1) is 0 Å². The summed E-state index contributed by atoms with van der Waals surface area (Å²) >= 11 is 0. The molecule has 2 aromatic rings. The fourth-order valence-corrected chi connectivity index (χ4v) is 2.26. The number of hydrogen-bond acceptors (Lipinski definition) is 7. The summed E-state index contributed by atoms with van der Waals surface area (Å²) in [5.74, 6) is -0.178. The smallest absolute Gasteiger partial charge is 0.337 e. The van der Waals surface area contributed by atoms with Crippen LogP contribution in [0.3, 0.4) is 0 Å². The maximum Gasteiger partial charge on any atom is 0.337 e. The molecule has 0 fully saturated rings. The van der Waals surface area contributed by atoms with Crippen molar-refractivity contribution in [3.63, 3.8) is 0 Å². The molecule has 0 saturated heterocycles. The first kappa shape index (κ1) is 20.3. The lowest BCUT2D eigenvalue weighted by Crippen LogP contribution is -2.15. The van der Waals surface area contributed by atoms with Gasteiger partial charge in [0, 0.05) is 18.0 Å². The summed E-state index contributed by atoms with van der Waals surface area (Å²) in [4.78, 5) is 24.0. The fraction of sp³-hybridized carbons (Fsp3) is 0.150. The highest BCUT2D eigenvalue weighted by atomic mass is 16.5. The molecule has 2 N–H and O–H groups in total. The predicted octanol–water partition coefficient (Wildman–Crippen LogP) is 2.95. The van der Waals surface area contributed by atoms with Gasteiger partial charge in [0.05, 0.1) is 32.6 Å². The Bertz CT molecular complexity index is 947. The summed E-state index contributed by atoms with van der Waals surface area (Å²) in [5, 5.41) is 14.7. The summed E-state index contributed by atoms with van der Waals surface area (Å²) in [6, 6.07) is 13.2. The number of nitrogens with zero attached hydrogens (tertiary/aromatic N) is 1. The first-order valence-corrected chi connectivity index (χ1v) is 8.11. The van der Waals surface area contributed by atoms with Gasteiger partial charge in [-0.2, -0.15) is 5.26 Å². The van der Waals surface area contributed by atoms with E-state index in [2.05, 4.69) is 15.4 Å². The van der Waals surface area contributed by atoms with E-state index in [1.165, 1.54) is 27.5 Å². The average Bonchev–Trinajstić information content (AvgIpc) is 2.73.